The van der Waals surface area contributed by atoms with Crippen LogP contribution < -0.4 is 5.32 Å². The number of nitrogens with zero attached hydrogens (tertiary/aromatic N) is 2. The van der Waals surface area contributed by atoms with Gasteiger partial charge in [-0.25, -0.2) is 13.8 Å². The molecule has 144 valence electrons. The van der Waals surface area contributed by atoms with Crippen molar-refractivity contribution in [3.05, 3.63) is 94.8 Å². The van der Waals surface area contributed by atoms with E-state index in [-0.39, 0.29) is 23.4 Å². The molecule has 1 aliphatic heterocycles. The zero-order valence-corrected chi connectivity index (χ0v) is 14.9. The summed E-state index contributed by atoms with van der Waals surface area (Å²) >= 11 is 0. The van der Waals surface area contributed by atoms with Gasteiger partial charge < -0.3 is 5.32 Å². The Balaban J connectivity index is 1.64. The molecule has 2 aromatic carbocycles. The number of anilines is 1. The molecule has 3 amide bonds. The Morgan fingerprint density at radius 2 is 1.76 bits per heavy atom. The van der Waals surface area contributed by atoms with Gasteiger partial charge in [-0.05, 0) is 17.7 Å². The van der Waals surface area contributed by atoms with E-state index >= 15 is 0 Å². The first kappa shape index (κ1) is 18.4. The van der Waals surface area contributed by atoms with Crippen LogP contribution in [-0.4, -0.2) is 27.6 Å². The summed E-state index contributed by atoms with van der Waals surface area (Å²) < 4.78 is 26.8. The van der Waals surface area contributed by atoms with Gasteiger partial charge in [-0.15, -0.1) is 0 Å². The number of aromatic nitrogens is 1. The standard InChI is InChI=1S/C21H13F2N3O3/c22-13-9-15(23)18(24-10-13)19(27)25-16-8-4-7-14-17(16)21(29)26(20(14)28)11-12-5-2-1-3-6-12/h1-10H,11H2,(H,25,27). The molecule has 0 aliphatic carbocycles. The van der Waals surface area contributed by atoms with Crippen molar-refractivity contribution in [3.8, 4) is 0 Å². The highest BCUT2D eigenvalue weighted by atomic mass is 19.1. The fourth-order valence-electron chi connectivity index (χ4n) is 3.11. The molecule has 0 unspecified atom stereocenters. The van der Waals surface area contributed by atoms with Crippen LogP contribution in [0.3, 0.4) is 0 Å². The van der Waals surface area contributed by atoms with E-state index in [0.717, 1.165) is 10.5 Å². The minimum Gasteiger partial charge on any atom is -0.320 e. The molecule has 0 atom stereocenters. The molecule has 2 heterocycles. The van der Waals surface area contributed by atoms with E-state index < -0.39 is 35.0 Å². The van der Waals surface area contributed by atoms with E-state index in [2.05, 4.69) is 10.3 Å². The van der Waals surface area contributed by atoms with Crippen LogP contribution in [0.2, 0.25) is 0 Å². The van der Waals surface area contributed by atoms with Gasteiger partial charge in [0.05, 0.1) is 29.6 Å². The van der Waals surface area contributed by atoms with Crippen LogP contribution in [0.5, 0.6) is 0 Å². The van der Waals surface area contributed by atoms with Crippen molar-refractivity contribution in [2.45, 2.75) is 6.54 Å². The number of rotatable bonds is 4. The number of hydrogen-bond acceptors (Lipinski definition) is 4. The molecule has 0 radical (unpaired) electrons. The molecular formula is C21H13F2N3O3. The van der Waals surface area contributed by atoms with E-state index in [4.69, 9.17) is 0 Å². The van der Waals surface area contributed by atoms with Crippen molar-refractivity contribution in [3.63, 3.8) is 0 Å². The lowest BCUT2D eigenvalue weighted by molar-refractivity contribution is 0.0642. The van der Waals surface area contributed by atoms with Gasteiger partial charge in [0, 0.05) is 6.07 Å². The summed E-state index contributed by atoms with van der Waals surface area (Å²) in [6, 6.07) is 13.9. The minimum absolute atomic E-state index is 0.0179. The average Bonchev–Trinajstić information content (AvgIpc) is 2.94. The summed E-state index contributed by atoms with van der Waals surface area (Å²) in [5.41, 5.74) is 0.347. The monoisotopic (exact) mass is 393 g/mol. The maximum Gasteiger partial charge on any atom is 0.277 e. The summed E-state index contributed by atoms with van der Waals surface area (Å²) in [6.45, 7) is 0.0781. The second-order valence-corrected chi connectivity index (χ2v) is 6.35. The summed E-state index contributed by atoms with van der Waals surface area (Å²) in [5, 5.41) is 2.39. The predicted molar refractivity (Wildman–Crippen MR) is 99.2 cm³/mol. The second kappa shape index (κ2) is 7.23. The van der Waals surface area contributed by atoms with E-state index in [9.17, 15) is 23.2 Å². The van der Waals surface area contributed by atoms with Gasteiger partial charge >= 0.3 is 0 Å². The third-order valence-corrected chi connectivity index (χ3v) is 4.45. The fourth-order valence-corrected chi connectivity index (χ4v) is 3.11. The van der Waals surface area contributed by atoms with Crippen molar-refractivity contribution in [1.29, 1.82) is 0 Å². The molecule has 3 aromatic rings. The maximum atomic E-state index is 13.8. The predicted octanol–water partition coefficient (Wildman–Crippen LogP) is 3.41. The lowest BCUT2D eigenvalue weighted by atomic mass is 10.1. The molecule has 1 N–H and O–H groups in total. The number of fused-ring (bicyclic) bond motifs is 1. The fraction of sp³-hybridized carbons (Fsp3) is 0.0476. The van der Waals surface area contributed by atoms with Gasteiger partial charge in [-0.2, -0.15) is 0 Å². The number of carbonyl (C=O) groups is 3. The molecule has 29 heavy (non-hydrogen) atoms. The van der Waals surface area contributed by atoms with Crippen molar-refractivity contribution in [2.24, 2.45) is 0 Å². The number of carbonyl (C=O) groups excluding carboxylic acids is 3. The number of pyridine rings is 1. The first-order chi connectivity index (χ1) is 14.0. The number of benzene rings is 2. The number of imide groups is 1. The molecule has 0 spiro atoms. The van der Waals surface area contributed by atoms with Crippen molar-refractivity contribution >= 4 is 23.4 Å². The summed E-state index contributed by atoms with van der Waals surface area (Å²) in [7, 11) is 0. The van der Waals surface area contributed by atoms with Gasteiger partial charge in [0.1, 0.15) is 5.82 Å². The number of halogens is 2. The smallest absolute Gasteiger partial charge is 0.277 e. The Morgan fingerprint density at radius 3 is 2.48 bits per heavy atom. The van der Waals surface area contributed by atoms with Crippen LogP contribution in [0.15, 0.2) is 60.8 Å². The highest BCUT2D eigenvalue weighted by molar-refractivity contribution is 6.24. The Hall–Kier alpha value is -3.94. The van der Waals surface area contributed by atoms with E-state index in [1.807, 2.05) is 6.07 Å². The number of amides is 3. The Bertz CT molecular complexity index is 1150. The Morgan fingerprint density at radius 1 is 1.00 bits per heavy atom. The molecule has 8 heteroatoms. The van der Waals surface area contributed by atoms with Crippen molar-refractivity contribution in [2.75, 3.05) is 5.32 Å². The lowest BCUT2D eigenvalue weighted by Gasteiger charge is -2.14. The molecule has 0 saturated heterocycles. The van der Waals surface area contributed by atoms with Crippen LogP contribution in [0.1, 0.15) is 36.8 Å². The van der Waals surface area contributed by atoms with Gasteiger partial charge in [-0.1, -0.05) is 36.4 Å². The molecule has 0 bridgehead atoms. The molecule has 6 nitrogen and oxygen atoms in total. The average molecular weight is 393 g/mol. The van der Waals surface area contributed by atoms with Crippen LogP contribution in [0.4, 0.5) is 14.5 Å². The Labute approximate surface area is 163 Å². The molecular weight excluding hydrogens is 380 g/mol. The van der Waals surface area contributed by atoms with Crippen molar-refractivity contribution in [1.82, 2.24) is 9.88 Å². The van der Waals surface area contributed by atoms with Gasteiger partial charge in [-0.3, -0.25) is 19.3 Å². The first-order valence-corrected chi connectivity index (χ1v) is 8.61. The second-order valence-electron chi connectivity index (χ2n) is 6.35. The third-order valence-electron chi connectivity index (χ3n) is 4.45. The van der Waals surface area contributed by atoms with E-state index in [1.165, 1.54) is 18.2 Å². The highest BCUT2D eigenvalue weighted by Gasteiger charge is 2.37. The summed E-state index contributed by atoms with van der Waals surface area (Å²) in [6.07, 6.45) is 0.712. The maximum absolute atomic E-state index is 13.8. The van der Waals surface area contributed by atoms with Crippen LogP contribution in [0, 0.1) is 11.6 Å². The van der Waals surface area contributed by atoms with Gasteiger partial charge in [0.15, 0.2) is 11.5 Å². The quantitative estimate of drug-likeness (QED) is 0.689. The van der Waals surface area contributed by atoms with Crippen LogP contribution >= 0.6 is 0 Å². The number of hydrogen-bond donors (Lipinski definition) is 1. The van der Waals surface area contributed by atoms with E-state index in [0.29, 0.717) is 12.3 Å². The molecule has 0 saturated carbocycles. The summed E-state index contributed by atoms with van der Waals surface area (Å²) in [5.74, 6) is -4.08. The van der Waals surface area contributed by atoms with Crippen LogP contribution in [0.25, 0.3) is 0 Å². The topological polar surface area (TPSA) is 79.4 Å². The number of nitrogens with one attached hydrogen (secondary N) is 1. The summed E-state index contributed by atoms with van der Waals surface area (Å²) in [4.78, 5) is 42.5. The molecule has 1 aromatic heterocycles. The molecule has 0 fully saturated rings. The van der Waals surface area contributed by atoms with Gasteiger partial charge in [0.2, 0.25) is 0 Å². The first-order valence-electron chi connectivity index (χ1n) is 8.61. The van der Waals surface area contributed by atoms with Crippen molar-refractivity contribution < 1.29 is 23.2 Å². The largest absolute Gasteiger partial charge is 0.320 e. The highest BCUT2D eigenvalue weighted by Crippen LogP contribution is 2.30. The lowest BCUT2D eigenvalue weighted by Crippen LogP contribution is -2.29. The zero-order valence-electron chi connectivity index (χ0n) is 14.9. The van der Waals surface area contributed by atoms with Gasteiger partial charge in [0.25, 0.3) is 17.7 Å². The van der Waals surface area contributed by atoms with Crippen LogP contribution in [-0.2, 0) is 6.54 Å². The van der Waals surface area contributed by atoms with E-state index in [1.54, 1.807) is 24.3 Å². The molecule has 1 aliphatic rings. The SMILES string of the molecule is O=C(Nc1cccc2c1C(=O)N(Cc1ccccc1)C2=O)c1ncc(F)cc1F. The minimum atomic E-state index is -1.14. The zero-order chi connectivity index (χ0) is 20.5. The molecule has 4 rings (SSSR count). The normalized spacial score (nSPS) is 12.8. The Kier molecular flexibility index (Phi) is 4.59. The third kappa shape index (κ3) is 3.36.